The molecule has 6 nitrogen and oxygen atoms in total. The SMILES string of the molecule is Cc1ccccc1[C@@H](CNC(=O)N(C)CCCn1cccn1)N(C)C. The summed E-state index contributed by atoms with van der Waals surface area (Å²) in [4.78, 5) is 16.2. The molecule has 0 fully saturated rings. The molecular weight excluding hydrogens is 314 g/mol. The van der Waals surface area contributed by atoms with Crippen LogP contribution in [0.15, 0.2) is 42.7 Å². The molecule has 1 atom stereocenters. The third-order valence-electron chi connectivity index (χ3n) is 4.40. The Morgan fingerprint density at radius 3 is 2.64 bits per heavy atom. The summed E-state index contributed by atoms with van der Waals surface area (Å²) in [5, 5.41) is 7.23. The number of carbonyl (C=O) groups excluding carboxylic acids is 1. The third-order valence-corrected chi connectivity index (χ3v) is 4.40. The lowest BCUT2D eigenvalue weighted by atomic mass is 10.0. The molecule has 1 N–H and O–H groups in total. The van der Waals surface area contributed by atoms with E-state index in [4.69, 9.17) is 0 Å². The Kier molecular flexibility index (Phi) is 7.01. The number of carbonyl (C=O) groups is 1. The summed E-state index contributed by atoms with van der Waals surface area (Å²) in [6, 6.07) is 10.3. The second kappa shape index (κ2) is 9.22. The number of benzene rings is 1. The lowest BCUT2D eigenvalue weighted by Gasteiger charge is -2.27. The highest BCUT2D eigenvalue weighted by molar-refractivity contribution is 5.73. The molecule has 2 aromatic rings. The van der Waals surface area contributed by atoms with E-state index in [1.165, 1.54) is 11.1 Å². The first kappa shape index (κ1) is 19.0. The first-order chi connectivity index (χ1) is 12.0. The van der Waals surface area contributed by atoms with Crippen LogP contribution >= 0.6 is 0 Å². The summed E-state index contributed by atoms with van der Waals surface area (Å²) in [5.74, 6) is 0. The molecule has 1 heterocycles. The average Bonchev–Trinajstić information content (AvgIpc) is 3.09. The van der Waals surface area contributed by atoms with Crippen molar-refractivity contribution in [1.82, 2.24) is 24.9 Å². The predicted octanol–water partition coefficient (Wildman–Crippen LogP) is 2.53. The van der Waals surface area contributed by atoms with Gasteiger partial charge in [0, 0.05) is 39.1 Å². The molecule has 0 saturated heterocycles. The van der Waals surface area contributed by atoms with Gasteiger partial charge in [-0.1, -0.05) is 24.3 Å². The number of urea groups is 1. The Labute approximate surface area is 150 Å². The summed E-state index contributed by atoms with van der Waals surface area (Å²) < 4.78 is 1.88. The number of nitrogens with zero attached hydrogens (tertiary/aromatic N) is 4. The van der Waals surface area contributed by atoms with Crippen LogP contribution in [0.5, 0.6) is 0 Å². The molecule has 136 valence electrons. The molecule has 2 rings (SSSR count). The molecular formula is C19H29N5O. The predicted molar refractivity (Wildman–Crippen MR) is 100 cm³/mol. The van der Waals surface area contributed by atoms with Gasteiger partial charge in [0.05, 0.1) is 6.04 Å². The van der Waals surface area contributed by atoms with Crippen LogP contribution in [0.25, 0.3) is 0 Å². The maximum Gasteiger partial charge on any atom is 0.317 e. The molecule has 1 aromatic heterocycles. The van der Waals surface area contributed by atoms with Gasteiger partial charge in [0.15, 0.2) is 0 Å². The Balaban J connectivity index is 1.82. The van der Waals surface area contributed by atoms with Crippen molar-refractivity contribution in [3.05, 3.63) is 53.9 Å². The molecule has 0 saturated carbocycles. The van der Waals surface area contributed by atoms with Crippen molar-refractivity contribution in [3.8, 4) is 0 Å². The fourth-order valence-electron chi connectivity index (χ4n) is 2.85. The summed E-state index contributed by atoms with van der Waals surface area (Å²) in [6.07, 6.45) is 4.58. The van der Waals surface area contributed by atoms with Gasteiger partial charge in [-0.2, -0.15) is 5.10 Å². The van der Waals surface area contributed by atoms with Crippen LogP contribution in [-0.4, -0.2) is 59.8 Å². The van der Waals surface area contributed by atoms with Gasteiger partial charge in [0.1, 0.15) is 0 Å². The lowest BCUT2D eigenvalue weighted by molar-refractivity contribution is 0.201. The fourth-order valence-corrected chi connectivity index (χ4v) is 2.85. The van der Waals surface area contributed by atoms with E-state index in [1.54, 1.807) is 11.1 Å². The lowest BCUT2D eigenvalue weighted by Crippen LogP contribution is -2.42. The highest BCUT2D eigenvalue weighted by Crippen LogP contribution is 2.20. The molecule has 6 heteroatoms. The summed E-state index contributed by atoms with van der Waals surface area (Å²) in [7, 11) is 5.91. The Morgan fingerprint density at radius 2 is 2.00 bits per heavy atom. The quantitative estimate of drug-likeness (QED) is 0.801. The Morgan fingerprint density at radius 1 is 1.24 bits per heavy atom. The van der Waals surface area contributed by atoms with E-state index in [2.05, 4.69) is 34.4 Å². The van der Waals surface area contributed by atoms with Crippen molar-refractivity contribution >= 4 is 6.03 Å². The van der Waals surface area contributed by atoms with Gasteiger partial charge in [-0.3, -0.25) is 4.68 Å². The zero-order valence-electron chi connectivity index (χ0n) is 15.6. The molecule has 0 spiro atoms. The zero-order valence-corrected chi connectivity index (χ0v) is 15.6. The van der Waals surface area contributed by atoms with Crippen LogP contribution in [0.4, 0.5) is 4.79 Å². The second-order valence-electron chi connectivity index (χ2n) is 6.57. The van der Waals surface area contributed by atoms with E-state index in [0.717, 1.165) is 13.0 Å². The fraction of sp³-hybridized carbons (Fsp3) is 0.474. The molecule has 0 bridgehead atoms. The maximum absolute atomic E-state index is 12.4. The van der Waals surface area contributed by atoms with Crippen molar-refractivity contribution in [2.45, 2.75) is 25.9 Å². The van der Waals surface area contributed by atoms with Crippen LogP contribution < -0.4 is 5.32 Å². The summed E-state index contributed by atoms with van der Waals surface area (Å²) >= 11 is 0. The van der Waals surface area contributed by atoms with Gasteiger partial charge in [0.25, 0.3) is 0 Å². The number of hydrogen-bond donors (Lipinski definition) is 1. The first-order valence-electron chi connectivity index (χ1n) is 8.67. The zero-order chi connectivity index (χ0) is 18.2. The monoisotopic (exact) mass is 343 g/mol. The van der Waals surface area contributed by atoms with Crippen LogP contribution in [0.3, 0.4) is 0 Å². The minimum absolute atomic E-state index is 0.0408. The van der Waals surface area contributed by atoms with Crippen LogP contribution in [0.1, 0.15) is 23.6 Å². The van der Waals surface area contributed by atoms with E-state index < -0.39 is 0 Å². The smallest absolute Gasteiger partial charge is 0.317 e. The number of amides is 2. The molecule has 0 aliphatic heterocycles. The Hall–Kier alpha value is -2.34. The average molecular weight is 343 g/mol. The highest BCUT2D eigenvalue weighted by atomic mass is 16.2. The summed E-state index contributed by atoms with van der Waals surface area (Å²) in [5.41, 5.74) is 2.48. The van der Waals surface area contributed by atoms with Gasteiger partial charge in [-0.15, -0.1) is 0 Å². The van der Waals surface area contributed by atoms with E-state index >= 15 is 0 Å². The minimum Gasteiger partial charge on any atom is -0.336 e. The third kappa shape index (κ3) is 5.60. The molecule has 0 unspecified atom stereocenters. The Bertz CT molecular complexity index is 654. The molecule has 0 radical (unpaired) electrons. The van der Waals surface area contributed by atoms with Crippen molar-refractivity contribution in [1.29, 1.82) is 0 Å². The number of hydrogen-bond acceptors (Lipinski definition) is 3. The highest BCUT2D eigenvalue weighted by Gasteiger charge is 2.18. The minimum atomic E-state index is -0.0408. The number of rotatable bonds is 8. The van der Waals surface area contributed by atoms with Gasteiger partial charge in [-0.25, -0.2) is 4.79 Å². The normalized spacial score (nSPS) is 12.2. The van der Waals surface area contributed by atoms with E-state index in [0.29, 0.717) is 13.1 Å². The van der Waals surface area contributed by atoms with Gasteiger partial charge < -0.3 is 15.1 Å². The van der Waals surface area contributed by atoms with Crippen LogP contribution in [0, 0.1) is 6.92 Å². The van der Waals surface area contributed by atoms with E-state index in [9.17, 15) is 4.79 Å². The standard InChI is InChI=1S/C19H29N5O/c1-16-9-5-6-10-17(16)18(22(2)3)15-20-19(25)23(4)12-8-14-24-13-7-11-21-24/h5-7,9-11,13,18H,8,12,14-15H2,1-4H3,(H,20,25)/t18-/m1/s1. The number of likely N-dealkylation sites (N-methyl/N-ethyl adjacent to an activating group) is 1. The van der Waals surface area contributed by atoms with Crippen LogP contribution in [0.2, 0.25) is 0 Å². The van der Waals surface area contributed by atoms with Gasteiger partial charge in [-0.05, 0) is 44.6 Å². The molecule has 1 aromatic carbocycles. The molecule has 2 amide bonds. The molecule has 25 heavy (non-hydrogen) atoms. The van der Waals surface area contributed by atoms with Crippen molar-refractivity contribution in [2.75, 3.05) is 34.2 Å². The van der Waals surface area contributed by atoms with Gasteiger partial charge in [0.2, 0.25) is 0 Å². The summed E-state index contributed by atoms with van der Waals surface area (Å²) in [6.45, 7) is 4.20. The molecule has 0 aliphatic rings. The largest absolute Gasteiger partial charge is 0.336 e. The first-order valence-corrected chi connectivity index (χ1v) is 8.67. The van der Waals surface area contributed by atoms with Gasteiger partial charge >= 0.3 is 6.03 Å². The second-order valence-corrected chi connectivity index (χ2v) is 6.57. The van der Waals surface area contributed by atoms with Crippen molar-refractivity contribution in [2.24, 2.45) is 0 Å². The van der Waals surface area contributed by atoms with Crippen molar-refractivity contribution in [3.63, 3.8) is 0 Å². The van der Waals surface area contributed by atoms with E-state index in [1.807, 2.05) is 50.2 Å². The number of nitrogens with one attached hydrogen (secondary N) is 1. The molecule has 0 aliphatic carbocycles. The maximum atomic E-state index is 12.4. The number of aromatic nitrogens is 2. The number of aryl methyl sites for hydroxylation is 2. The van der Waals surface area contributed by atoms with Crippen molar-refractivity contribution < 1.29 is 4.79 Å². The topological polar surface area (TPSA) is 53.4 Å². The van der Waals surface area contributed by atoms with Crippen LogP contribution in [-0.2, 0) is 6.54 Å². The van der Waals surface area contributed by atoms with E-state index in [-0.39, 0.29) is 12.1 Å².